The summed E-state index contributed by atoms with van der Waals surface area (Å²) in [5.41, 5.74) is 10.0. The second-order valence-corrected chi connectivity index (χ2v) is 29.2. The number of rotatable bonds is 7. The molecule has 0 radical (unpaired) electrons. The molecule has 4 bridgehead atoms. The second kappa shape index (κ2) is 18.7. The molecule has 12 rings (SSSR count). The number of aromatic nitrogens is 2. The van der Waals surface area contributed by atoms with Gasteiger partial charge in [0.2, 0.25) is 0 Å². The predicted octanol–water partition coefficient (Wildman–Crippen LogP) is 6.56. The molecular formula is C58H86N6O7S2. The molecule has 10 N–H and O–H groups in total. The number of hydrogen-bond donors (Lipinski definition) is 9. The zero-order chi connectivity index (χ0) is 51.1. The van der Waals surface area contributed by atoms with Crippen LogP contribution in [0, 0.1) is 92.7 Å². The van der Waals surface area contributed by atoms with Crippen LogP contribution in [0.2, 0.25) is 0 Å². The smallest absolute Gasteiger partial charge is 0.190 e. The van der Waals surface area contributed by atoms with Crippen molar-refractivity contribution in [2.45, 2.75) is 160 Å². The van der Waals surface area contributed by atoms with Gasteiger partial charge in [0.25, 0.3) is 0 Å². The van der Waals surface area contributed by atoms with Gasteiger partial charge in [0.1, 0.15) is 6.23 Å². The van der Waals surface area contributed by atoms with E-state index in [-0.39, 0.29) is 95.5 Å². The lowest BCUT2D eigenvalue weighted by molar-refractivity contribution is -0.215. The number of aliphatic imine (C=N–C) groups is 1. The van der Waals surface area contributed by atoms with Crippen molar-refractivity contribution < 1.29 is 35.4 Å². The molecule has 2 heterocycles. The number of aliphatic hydroxyl groups is 6. The third-order valence-electron chi connectivity index (χ3n) is 23.2. The number of carbonyl (C=O) groups excluding carboxylic acids is 1. The summed E-state index contributed by atoms with van der Waals surface area (Å²) in [6.45, 7) is 8.95. The van der Waals surface area contributed by atoms with Gasteiger partial charge in [-0.15, -0.1) is 0 Å². The summed E-state index contributed by atoms with van der Waals surface area (Å²) < 4.78 is 2.30. The average molecular weight is 1040 g/mol. The molecule has 1 aliphatic heterocycles. The third kappa shape index (κ3) is 7.36. The van der Waals surface area contributed by atoms with Gasteiger partial charge in [0.05, 0.1) is 36.8 Å². The summed E-state index contributed by atoms with van der Waals surface area (Å²) in [5.74, 6) is -1.04. The van der Waals surface area contributed by atoms with Crippen LogP contribution in [0.1, 0.15) is 130 Å². The van der Waals surface area contributed by atoms with Crippen molar-refractivity contribution in [3.8, 4) is 0 Å². The molecule has 13 nitrogen and oxygen atoms in total. The minimum Gasteiger partial charge on any atom is -0.396 e. The van der Waals surface area contributed by atoms with Crippen LogP contribution >= 0.6 is 21.6 Å². The number of nitrogens with one attached hydrogen (secondary N) is 2. The van der Waals surface area contributed by atoms with Crippen LogP contribution < -0.4 is 16.4 Å². The van der Waals surface area contributed by atoms with Crippen LogP contribution in [0.3, 0.4) is 0 Å². The van der Waals surface area contributed by atoms with Gasteiger partial charge >= 0.3 is 0 Å². The van der Waals surface area contributed by atoms with E-state index in [1.54, 1.807) is 40.5 Å². The van der Waals surface area contributed by atoms with Gasteiger partial charge in [0, 0.05) is 78.0 Å². The first kappa shape index (κ1) is 51.5. The fourth-order valence-electron chi connectivity index (χ4n) is 21.3. The quantitative estimate of drug-likeness (QED) is 0.0465. The highest BCUT2D eigenvalue weighted by atomic mass is 33.1. The molecule has 0 amide bonds. The van der Waals surface area contributed by atoms with Crippen molar-refractivity contribution in [2.24, 2.45) is 103 Å². The monoisotopic (exact) mass is 1040 g/mol. The van der Waals surface area contributed by atoms with E-state index in [2.05, 4.69) is 47.2 Å². The molecular weight excluding hydrogens is 957 g/mol. The largest absolute Gasteiger partial charge is 0.396 e. The molecule has 1 saturated heterocycles. The van der Waals surface area contributed by atoms with Gasteiger partial charge in [-0.05, 0) is 167 Å². The lowest BCUT2D eigenvalue weighted by Gasteiger charge is -2.67. The number of hydrogen-bond acceptors (Lipinski definition) is 12. The van der Waals surface area contributed by atoms with E-state index in [4.69, 9.17) is 10.7 Å². The topological polar surface area (TPSA) is 219 Å². The minimum atomic E-state index is -1.63. The van der Waals surface area contributed by atoms with Crippen LogP contribution in [-0.2, 0) is 4.79 Å². The first-order chi connectivity index (χ1) is 35.0. The zero-order valence-corrected chi connectivity index (χ0v) is 45.7. The number of aliphatic hydroxyl groups excluding tert-OH is 5. The Balaban J connectivity index is 1.10. The van der Waals surface area contributed by atoms with Crippen molar-refractivity contribution in [2.75, 3.05) is 38.2 Å². The molecule has 8 fully saturated rings. The minimum absolute atomic E-state index is 0.0992. The Morgan fingerprint density at radius 1 is 0.959 bits per heavy atom. The average Bonchev–Trinajstić information content (AvgIpc) is 4.14. The number of nitrogens with two attached hydrogens (primary N) is 1. The third-order valence-corrected chi connectivity index (χ3v) is 25.7. The standard InChI is InChI=1S/C58H86N6O7S2/c1-30(66)63-53(59)62-25-37-39-14-13-34-33-10-8-11-35-44(33)46-50(36-12-9-17-56(47(35)36)15-6-7-16-56)54(2,3)22-32(64-19-18-61-29-64)27-73-72-26-31-20-40(45(34)52(46)70)57(39,28-65)58(31,71)41-21-42(67)49-38(24-60-5)51(69)43(68)23-55(49,4)48(37)41/h18-19,21,29-34,37-40,43,45-49,51-52,60,65-66,68-71H,6-17,20,22-28H2,1-5H3,(H3,59,62,63)/t30-,31-,32+,33+,34-,37-,38+,39+,40-,43+,45+,46-,47+,48+,49+,51-,52+,55-,57-,58-/m1/s1. The molecule has 0 unspecified atom stereocenters. The van der Waals surface area contributed by atoms with Crippen molar-refractivity contribution in [3.63, 3.8) is 0 Å². The number of imidazole rings is 1. The van der Waals surface area contributed by atoms with Crippen LogP contribution in [0.15, 0.2) is 57.7 Å². The van der Waals surface area contributed by atoms with E-state index in [0.717, 1.165) is 44.3 Å². The number of ketones is 1. The number of fused-ring (bicyclic) bond motifs is 10. The number of nitrogens with zero attached hydrogens (tertiary/aromatic N) is 3. The molecule has 1 aromatic heterocycles. The Hall–Kier alpha value is -2.21. The van der Waals surface area contributed by atoms with Crippen molar-refractivity contribution in [1.29, 1.82) is 0 Å². The first-order valence-electron chi connectivity index (χ1n) is 28.7. The van der Waals surface area contributed by atoms with E-state index in [9.17, 15) is 30.6 Å². The molecule has 402 valence electrons. The summed E-state index contributed by atoms with van der Waals surface area (Å²) >= 11 is 0. The molecule has 11 aliphatic rings. The van der Waals surface area contributed by atoms with Crippen molar-refractivity contribution in [3.05, 3.63) is 52.7 Å². The van der Waals surface area contributed by atoms with Crippen molar-refractivity contribution >= 4 is 33.3 Å². The maximum atomic E-state index is 15.4. The number of carbonyl (C=O) groups is 1. The van der Waals surface area contributed by atoms with Crippen LogP contribution in [0.4, 0.5) is 0 Å². The van der Waals surface area contributed by atoms with E-state index in [0.29, 0.717) is 36.6 Å². The Kier molecular flexibility index (Phi) is 13.2. The highest BCUT2D eigenvalue weighted by Crippen LogP contribution is 2.78. The predicted molar refractivity (Wildman–Crippen MR) is 286 cm³/mol. The zero-order valence-electron chi connectivity index (χ0n) is 44.1. The van der Waals surface area contributed by atoms with Crippen molar-refractivity contribution in [1.82, 2.24) is 20.2 Å². The molecule has 20 atom stereocenters. The Bertz CT molecular complexity index is 2440. The molecule has 1 spiro atoms. The lowest BCUT2D eigenvalue weighted by atomic mass is 9.38. The Labute approximate surface area is 441 Å². The van der Waals surface area contributed by atoms with E-state index in [1.165, 1.54) is 44.1 Å². The summed E-state index contributed by atoms with van der Waals surface area (Å²) in [4.78, 5) is 25.0. The van der Waals surface area contributed by atoms with Crippen LogP contribution in [0.25, 0.3) is 0 Å². The molecule has 7 saturated carbocycles. The Morgan fingerprint density at radius 2 is 1.71 bits per heavy atom. The van der Waals surface area contributed by atoms with Gasteiger partial charge in [0.15, 0.2) is 11.7 Å². The molecule has 1 aromatic rings. The fourth-order valence-corrected chi connectivity index (χ4v) is 24.0. The summed E-state index contributed by atoms with van der Waals surface area (Å²) in [7, 11) is 5.47. The van der Waals surface area contributed by atoms with Gasteiger partial charge in [-0.2, -0.15) is 0 Å². The SMILES string of the molecule is CNC[C@@H]1[C@@H](O)[C@@H](O)C[C@@]2(C)[C@@H]1C(=O)C=C1[C@@H]2[C@H](CN=C(N)N[C@@H](C)O)[C@@H]2CC[C@H]3[C@@H]4[C@H](O)[C@@H]5C6=C(CCC[C@H]63)[C@H]3C(=C5C(C)(C)C[C@H](n5ccnc5)CSSC[C@H]5C[C@H]4[C@]2(CO)[C@]15O)CCCC31CCCC1. The number of allylic oxidation sites excluding steroid dienone is 3. The normalized spacial score (nSPS) is 47.0. The van der Waals surface area contributed by atoms with Gasteiger partial charge in [-0.1, -0.05) is 77.5 Å². The van der Waals surface area contributed by atoms with Gasteiger partial charge in [-0.3, -0.25) is 9.79 Å². The van der Waals surface area contributed by atoms with Crippen LogP contribution in [-0.4, -0.2) is 120 Å². The maximum Gasteiger partial charge on any atom is 0.190 e. The van der Waals surface area contributed by atoms with Crippen LogP contribution in [0.5, 0.6) is 0 Å². The highest BCUT2D eigenvalue weighted by Gasteiger charge is 2.79. The molecule has 73 heavy (non-hydrogen) atoms. The van der Waals surface area contributed by atoms with Gasteiger partial charge < -0.3 is 51.6 Å². The van der Waals surface area contributed by atoms with E-state index < -0.39 is 58.7 Å². The first-order valence-corrected chi connectivity index (χ1v) is 31.2. The van der Waals surface area contributed by atoms with E-state index >= 15 is 4.79 Å². The Morgan fingerprint density at radius 3 is 2.44 bits per heavy atom. The lowest BCUT2D eigenvalue weighted by Crippen LogP contribution is -2.71. The molecule has 10 aliphatic carbocycles. The fraction of sp³-hybridized carbons (Fsp3) is 0.810. The van der Waals surface area contributed by atoms with Gasteiger partial charge in [-0.25, -0.2) is 4.98 Å². The second-order valence-electron chi connectivity index (χ2n) is 26.6. The maximum absolute atomic E-state index is 15.4. The highest BCUT2D eigenvalue weighted by molar-refractivity contribution is 8.76. The van der Waals surface area contributed by atoms with E-state index in [1.807, 2.05) is 30.4 Å². The summed E-state index contributed by atoms with van der Waals surface area (Å²) in [6, 6.07) is 0.139. The number of guanidine groups is 1. The summed E-state index contributed by atoms with van der Waals surface area (Å²) in [5, 5.41) is 82.3. The molecule has 15 heteroatoms. The summed E-state index contributed by atoms with van der Waals surface area (Å²) in [6.07, 6.45) is 19.2. The molecule has 0 aromatic carbocycles.